The molecule has 0 unspecified atom stereocenters. The van der Waals surface area contributed by atoms with Gasteiger partial charge >= 0.3 is 0 Å². The molecule has 2 aromatic carbocycles. The monoisotopic (exact) mass is 503 g/mol. The second-order valence-corrected chi connectivity index (χ2v) is 9.43. The minimum Gasteiger partial charge on any atom is -0.347 e. The Morgan fingerprint density at radius 2 is 1.50 bits per heavy atom. The number of carbonyl (C=O) groups excluding carboxylic acids is 1. The minimum absolute atomic E-state index is 0.0534. The lowest BCUT2D eigenvalue weighted by Gasteiger charge is -2.27. The number of pyridine rings is 1. The first-order valence-electron chi connectivity index (χ1n) is 12.9. The standard InChI is InChI=1S/C31H29N5O2/c32-21-26(30(37)34-17-9-3-10-18-34)20-27-29(33-28-16-8-11-19-36(28)31(27)38)35(22-24-12-4-1-5-13-24)23-25-14-6-2-7-15-25/h1-2,4-8,11-16,19-20H,3,9-10,17-18,22-23H2/b26-20+. The topological polar surface area (TPSA) is 81.7 Å². The van der Waals surface area contributed by atoms with E-state index in [2.05, 4.69) is 6.07 Å². The highest BCUT2D eigenvalue weighted by Crippen LogP contribution is 2.24. The van der Waals surface area contributed by atoms with Gasteiger partial charge < -0.3 is 9.80 Å². The summed E-state index contributed by atoms with van der Waals surface area (Å²) in [6.45, 7) is 2.23. The van der Waals surface area contributed by atoms with Crippen molar-refractivity contribution in [1.82, 2.24) is 14.3 Å². The van der Waals surface area contributed by atoms with Gasteiger partial charge in [-0.3, -0.25) is 14.0 Å². The number of carbonyl (C=O) groups is 1. The van der Waals surface area contributed by atoms with E-state index in [1.807, 2.05) is 71.6 Å². The van der Waals surface area contributed by atoms with Gasteiger partial charge in [0.2, 0.25) is 0 Å². The van der Waals surface area contributed by atoms with Crippen LogP contribution < -0.4 is 10.5 Å². The number of fused-ring (bicyclic) bond motifs is 1. The quantitative estimate of drug-likeness (QED) is 0.267. The van der Waals surface area contributed by atoms with Crippen molar-refractivity contribution in [3.63, 3.8) is 0 Å². The van der Waals surface area contributed by atoms with Crippen LogP contribution >= 0.6 is 0 Å². The molecule has 0 atom stereocenters. The van der Waals surface area contributed by atoms with Crippen LogP contribution in [0.1, 0.15) is 36.0 Å². The van der Waals surface area contributed by atoms with Crippen molar-refractivity contribution in [2.45, 2.75) is 32.4 Å². The predicted molar refractivity (Wildman–Crippen MR) is 148 cm³/mol. The van der Waals surface area contributed by atoms with Crippen molar-refractivity contribution >= 4 is 23.4 Å². The van der Waals surface area contributed by atoms with Gasteiger partial charge in [0.1, 0.15) is 23.1 Å². The van der Waals surface area contributed by atoms with Gasteiger partial charge in [-0.15, -0.1) is 0 Å². The largest absolute Gasteiger partial charge is 0.347 e. The maximum Gasteiger partial charge on any atom is 0.267 e. The van der Waals surface area contributed by atoms with Gasteiger partial charge in [-0.2, -0.15) is 5.26 Å². The summed E-state index contributed by atoms with van der Waals surface area (Å²) in [6, 6.07) is 27.4. The highest BCUT2D eigenvalue weighted by Gasteiger charge is 2.24. The molecule has 7 heteroatoms. The van der Waals surface area contributed by atoms with Gasteiger partial charge in [0, 0.05) is 32.4 Å². The van der Waals surface area contributed by atoms with Crippen LogP contribution in [0.3, 0.4) is 0 Å². The molecule has 0 saturated carbocycles. The molecule has 0 N–H and O–H groups in total. The van der Waals surface area contributed by atoms with E-state index in [0.717, 1.165) is 30.4 Å². The number of rotatable bonds is 7. The fourth-order valence-corrected chi connectivity index (χ4v) is 4.83. The third-order valence-corrected chi connectivity index (χ3v) is 6.76. The molecule has 0 radical (unpaired) electrons. The lowest BCUT2D eigenvalue weighted by molar-refractivity contribution is -0.127. The van der Waals surface area contributed by atoms with Gasteiger partial charge in [0.15, 0.2) is 0 Å². The molecule has 1 fully saturated rings. The second kappa shape index (κ2) is 11.6. The van der Waals surface area contributed by atoms with E-state index in [0.29, 0.717) is 37.6 Å². The number of anilines is 1. The third kappa shape index (κ3) is 5.50. The van der Waals surface area contributed by atoms with E-state index in [1.54, 1.807) is 23.2 Å². The molecule has 38 heavy (non-hydrogen) atoms. The molecule has 0 aliphatic carbocycles. The summed E-state index contributed by atoms with van der Waals surface area (Å²) in [7, 11) is 0. The van der Waals surface area contributed by atoms with Crippen LogP contribution in [0.2, 0.25) is 0 Å². The Morgan fingerprint density at radius 1 is 0.895 bits per heavy atom. The van der Waals surface area contributed by atoms with Crippen LogP contribution in [0.25, 0.3) is 11.7 Å². The summed E-state index contributed by atoms with van der Waals surface area (Å²) in [5.41, 5.74) is 2.45. The molecule has 7 nitrogen and oxygen atoms in total. The van der Waals surface area contributed by atoms with E-state index in [-0.39, 0.29) is 22.6 Å². The number of hydrogen-bond donors (Lipinski definition) is 0. The average molecular weight is 504 g/mol. The zero-order valence-electron chi connectivity index (χ0n) is 21.2. The number of nitrogens with zero attached hydrogens (tertiary/aromatic N) is 5. The zero-order chi connectivity index (χ0) is 26.3. The fraction of sp³-hybridized carbons (Fsp3) is 0.226. The van der Waals surface area contributed by atoms with Crippen LogP contribution in [0.15, 0.2) is 95.4 Å². The Bertz CT molecular complexity index is 1510. The predicted octanol–water partition coefficient (Wildman–Crippen LogP) is 4.82. The molecule has 1 aliphatic heterocycles. The van der Waals surface area contributed by atoms with E-state index >= 15 is 0 Å². The normalized spacial score (nSPS) is 13.8. The smallest absolute Gasteiger partial charge is 0.267 e. The molecule has 3 heterocycles. The Morgan fingerprint density at radius 3 is 2.11 bits per heavy atom. The molecule has 0 spiro atoms. The number of nitriles is 1. The average Bonchev–Trinajstić information content (AvgIpc) is 2.97. The first kappa shape index (κ1) is 25.0. The van der Waals surface area contributed by atoms with Gasteiger partial charge in [0.05, 0.1) is 5.56 Å². The SMILES string of the molecule is N#C/C(=C\c1c(N(Cc2ccccc2)Cc2ccccc2)nc2ccccn2c1=O)C(=O)N1CCCCC1. The van der Waals surface area contributed by atoms with Crippen molar-refractivity contribution in [3.8, 4) is 6.07 Å². The van der Waals surface area contributed by atoms with Crippen LogP contribution in [0.4, 0.5) is 5.82 Å². The lowest BCUT2D eigenvalue weighted by Crippen LogP contribution is -2.36. The Hall–Kier alpha value is -4.70. The van der Waals surface area contributed by atoms with Gasteiger partial charge in [-0.05, 0) is 48.6 Å². The summed E-state index contributed by atoms with van der Waals surface area (Å²) in [4.78, 5) is 35.7. The second-order valence-electron chi connectivity index (χ2n) is 9.43. The lowest BCUT2D eigenvalue weighted by atomic mass is 10.1. The molecular formula is C31H29N5O2. The van der Waals surface area contributed by atoms with Crippen molar-refractivity contribution in [2.24, 2.45) is 0 Å². The molecule has 1 saturated heterocycles. The maximum atomic E-state index is 13.8. The molecule has 4 aromatic rings. The maximum absolute atomic E-state index is 13.8. The first-order valence-corrected chi connectivity index (χ1v) is 12.9. The van der Waals surface area contributed by atoms with Crippen LogP contribution in [0, 0.1) is 11.3 Å². The summed E-state index contributed by atoms with van der Waals surface area (Å²) in [5.74, 6) is 0.0986. The highest BCUT2D eigenvalue weighted by molar-refractivity contribution is 6.02. The van der Waals surface area contributed by atoms with Crippen LogP contribution in [-0.4, -0.2) is 33.3 Å². The molecule has 190 valence electrons. The molecular weight excluding hydrogens is 474 g/mol. The molecule has 1 aliphatic rings. The van der Waals surface area contributed by atoms with Crippen molar-refractivity contribution < 1.29 is 4.79 Å². The molecule has 2 aromatic heterocycles. The number of amides is 1. The minimum atomic E-state index is -0.339. The number of piperidine rings is 1. The summed E-state index contributed by atoms with van der Waals surface area (Å²) >= 11 is 0. The summed E-state index contributed by atoms with van der Waals surface area (Å²) in [6.07, 6.45) is 5.99. The molecule has 0 bridgehead atoms. The van der Waals surface area contributed by atoms with E-state index in [4.69, 9.17) is 4.98 Å². The van der Waals surface area contributed by atoms with Crippen molar-refractivity contribution in [2.75, 3.05) is 18.0 Å². The highest BCUT2D eigenvalue weighted by atomic mass is 16.2. The third-order valence-electron chi connectivity index (χ3n) is 6.76. The number of hydrogen-bond acceptors (Lipinski definition) is 5. The van der Waals surface area contributed by atoms with Crippen LogP contribution in [0.5, 0.6) is 0 Å². The summed E-state index contributed by atoms with van der Waals surface area (Å²) < 4.78 is 1.46. The summed E-state index contributed by atoms with van der Waals surface area (Å²) in [5, 5.41) is 9.98. The van der Waals surface area contributed by atoms with Gasteiger partial charge in [-0.25, -0.2) is 4.98 Å². The Labute approximate surface area is 221 Å². The van der Waals surface area contributed by atoms with Crippen molar-refractivity contribution in [3.05, 3.63) is 118 Å². The van der Waals surface area contributed by atoms with Gasteiger partial charge in [-0.1, -0.05) is 66.7 Å². The number of likely N-dealkylation sites (tertiary alicyclic amines) is 1. The Kier molecular flexibility index (Phi) is 7.60. The van der Waals surface area contributed by atoms with Gasteiger partial charge in [0.25, 0.3) is 11.5 Å². The molecule has 5 rings (SSSR count). The zero-order valence-corrected chi connectivity index (χ0v) is 21.2. The van der Waals surface area contributed by atoms with Crippen LogP contribution in [-0.2, 0) is 17.9 Å². The fourth-order valence-electron chi connectivity index (χ4n) is 4.83. The number of aromatic nitrogens is 2. The number of benzene rings is 2. The van der Waals surface area contributed by atoms with Crippen molar-refractivity contribution in [1.29, 1.82) is 5.26 Å². The first-order chi connectivity index (χ1) is 18.6. The van der Waals surface area contributed by atoms with E-state index in [9.17, 15) is 14.9 Å². The van der Waals surface area contributed by atoms with E-state index in [1.165, 1.54) is 10.5 Å². The van der Waals surface area contributed by atoms with E-state index < -0.39 is 0 Å². The molecule has 1 amide bonds. The Balaban J connectivity index is 1.67.